The molecule has 0 radical (unpaired) electrons. The molecule has 0 aliphatic heterocycles. The summed E-state index contributed by atoms with van der Waals surface area (Å²) in [5, 5.41) is 20.9. The number of ether oxygens (including phenoxy) is 2. The van der Waals surface area contributed by atoms with Crippen LogP contribution in [-0.2, 0) is 11.4 Å². The first-order valence-corrected chi connectivity index (χ1v) is 6.49. The Balaban J connectivity index is 2.58. The van der Waals surface area contributed by atoms with Gasteiger partial charge in [0.2, 0.25) is 0 Å². The zero-order chi connectivity index (χ0) is 15.0. The van der Waals surface area contributed by atoms with E-state index < -0.39 is 12.0 Å². The van der Waals surface area contributed by atoms with E-state index in [0.29, 0.717) is 24.5 Å². The fraction of sp³-hybridized carbons (Fsp3) is 0.500. The number of benzene rings is 1. The molecule has 1 unspecified atom stereocenters. The summed E-state index contributed by atoms with van der Waals surface area (Å²) in [6, 6.07) is 4.50. The maximum Gasteiger partial charge on any atom is 0.320 e. The van der Waals surface area contributed by atoms with E-state index in [9.17, 15) is 4.79 Å². The first kappa shape index (κ1) is 16.3. The minimum absolute atomic E-state index is 0.0713. The minimum atomic E-state index is -0.891. The van der Waals surface area contributed by atoms with E-state index in [-0.39, 0.29) is 13.2 Å². The molecule has 0 saturated carbocycles. The molecule has 3 N–H and O–H groups in total. The van der Waals surface area contributed by atoms with Crippen LogP contribution >= 0.6 is 0 Å². The predicted molar refractivity (Wildman–Crippen MR) is 74.1 cm³/mol. The molecule has 0 heterocycles. The summed E-state index contributed by atoms with van der Waals surface area (Å²) in [4.78, 5) is 11.0. The highest BCUT2D eigenvalue weighted by molar-refractivity contribution is 5.73. The van der Waals surface area contributed by atoms with Crippen molar-refractivity contribution in [1.82, 2.24) is 5.32 Å². The second-order valence-electron chi connectivity index (χ2n) is 4.23. The van der Waals surface area contributed by atoms with Crippen molar-refractivity contribution in [3.05, 3.63) is 23.8 Å². The van der Waals surface area contributed by atoms with Gasteiger partial charge in [-0.3, -0.25) is 4.79 Å². The van der Waals surface area contributed by atoms with Gasteiger partial charge in [-0.05, 0) is 24.2 Å². The molecule has 1 aromatic carbocycles. The van der Waals surface area contributed by atoms with Crippen LogP contribution in [0.4, 0.5) is 0 Å². The highest BCUT2D eigenvalue weighted by atomic mass is 16.5. The topological polar surface area (TPSA) is 88.0 Å². The normalized spacial score (nSPS) is 11.9. The van der Waals surface area contributed by atoms with Gasteiger partial charge in [-0.2, -0.15) is 0 Å². The fourth-order valence-corrected chi connectivity index (χ4v) is 1.78. The number of aliphatic hydroxyl groups excluding tert-OH is 1. The molecule has 0 aromatic heterocycles. The Morgan fingerprint density at radius 1 is 1.40 bits per heavy atom. The SMILES string of the molecule is CCNC(CCOc1ccc(CO)cc1OC)C(=O)O. The van der Waals surface area contributed by atoms with Gasteiger partial charge in [-0.15, -0.1) is 0 Å². The standard InChI is InChI=1S/C14H21NO5/c1-3-15-11(14(17)18)6-7-20-12-5-4-10(9-16)8-13(12)19-2/h4-5,8,11,15-16H,3,6-7,9H2,1-2H3,(H,17,18). The lowest BCUT2D eigenvalue weighted by molar-refractivity contribution is -0.139. The number of hydrogen-bond acceptors (Lipinski definition) is 5. The molecule has 112 valence electrons. The van der Waals surface area contributed by atoms with Gasteiger partial charge < -0.3 is 25.0 Å². The third-order valence-electron chi connectivity index (χ3n) is 2.82. The minimum Gasteiger partial charge on any atom is -0.493 e. The highest BCUT2D eigenvalue weighted by Crippen LogP contribution is 2.28. The van der Waals surface area contributed by atoms with Crippen molar-refractivity contribution in [3.8, 4) is 11.5 Å². The Morgan fingerprint density at radius 3 is 2.70 bits per heavy atom. The maximum absolute atomic E-state index is 11.0. The lowest BCUT2D eigenvalue weighted by Crippen LogP contribution is -2.37. The van der Waals surface area contributed by atoms with Crippen LogP contribution in [0.2, 0.25) is 0 Å². The summed E-state index contributed by atoms with van der Waals surface area (Å²) in [6.07, 6.45) is 0.355. The monoisotopic (exact) mass is 283 g/mol. The summed E-state index contributed by atoms with van der Waals surface area (Å²) in [6.45, 7) is 2.63. The van der Waals surface area contributed by atoms with E-state index in [1.165, 1.54) is 7.11 Å². The van der Waals surface area contributed by atoms with E-state index in [1.54, 1.807) is 18.2 Å². The molecule has 1 aromatic rings. The Hall–Kier alpha value is -1.79. The molecule has 1 rings (SSSR count). The van der Waals surface area contributed by atoms with Crippen molar-refractivity contribution in [2.75, 3.05) is 20.3 Å². The highest BCUT2D eigenvalue weighted by Gasteiger charge is 2.16. The summed E-state index contributed by atoms with van der Waals surface area (Å²) >= 11 is 0. The lowest BCUT2D eigenvalue weighted by Gasteiger charge is -2.15. The van der Waals surface area contributed by atoms with Gasteiger partial charge in [0, 0.05) is 6.42 Å². The van der Waals surface area contributed by atoms with Crippen molar-refractivity contribution in [1.29, 1.82) is 0 Å². The average molecular weight is 283 g/mol. The Bertz CT molecular complexity index is 436. The number of aliphatic carboxylic acids is 1. The van der Waals surface area contributed by atoms with Gasteiger partial charge in [-0.25, -0.2) is 0 Å². The van der Waals surface area contributed by atoms with Crippen molar-refractivity contribution in [2.45, 2.75) is 26.0 Å². The molecule has 6 nitrogen and oxygen atoms in total. The summed E-state index contributed by atoms with van der Waals surface area (Å²) in [7, 11) is 1.52. The summed E-state index contributed by atoms with van der Waals surface area (Å²) in [5.74, 6) is 0.162. The number of rotatable bonds is 9. The largest absolute Gasteiger partial charge is 0.493 e. The molecule has 0 fully saturated rings. The number of hydrogen-bond donors (Lipinski definition) is 3. The van der Waals surface area contributed by atoms with Crippen LogP contribution in [0, 0.1) is 0 Å². The first-order chi connectivity index (χ1) is 9.62. The second kappa shape index (κ2) is 8.39. The van der Waals surface area contributed by atoms with Gasteiger partial charge in [0.1, 0.15) is 6.04 Å². The lowest BCUT2D eigenvalue weighted by atomic mass is 10.2. The van der Waals surface area contributed by atoms with Gasteiger partial charge in [0.25, 0.3) is 0 Å². The Kier molecular flexibility index (Phi) is 6.83. The second-order valence-corrected chi connectivity index (χ2v) is 4.23. The molecule has 6 heteroatoms. The molecule has 0 spiro atoms. The third-order valence-corrected chi connectivity index (χ3v) is 2.82. The number of nitrogens with one attached hydrogen (secondary N) is 1. The number of methoxy groups -OCH3 is 1. The Morgan fingerprint density at radius 2 is 2.15 bits per heavy atom. The van der Waals surface area contributed by atoms with E-state index in [0.717, 1.165) is 5.56 Å². The molecule has 1 atom stereocenters. The van der Waals surface area contributed by atoms with Crippen molar-refractivity contribution < 1.29 is 24.5 Å². The zero-order valence-electron chi connectivity index (χ0n) is 11.8. The van der Waals surface area contributed by atoms with Crippen LogP contribution in [0.3, 0.4) is 0 Å². The Labute approximate surface area is 118 Å². The number of carboxylic acids is 1. The average Bonchev–Trinajstić information content (AvgIpc) is 2.46. The molecule has 0 aliphatic rings. The molecular weight excluding hydrogens is 262 g/mol. The maximum atomic E-state index is 11.0. The number of carboxylic acid groups (broad SMARTS) is 1. The third kappa shape index (κ3) is 4.71. The van der Waals surface area contributed by atoms with E-state index in [4.69, 9.17) is 19.7 Å². The van der Waals surface area contributed by atoms with Crippen LogP contribution in [0.1, 0.15) is 18.9 Å². The summed E-state index contributed by atoms with van der Waals surface area (Å²) < 4.78 is 10.7. The van der Waals surface area contributed by atoms with Crippen LogP contribution in [-0.4, -0.2) is 42.5 Å². The molecule has 0 bridgehead atoms. The molecular formula is C14H21NO5. The quantitative estimate of drug-likeness (QED) is 0.627. The van der Waals surface area contributed by atoms with E-state index in [1.807, 2.05) is 6.92 Å². The van der Waals surface area contributed by atoms with Crippen molar-refractivity contribution in [2.24, 2.45) is 0 Å². The van der Waals surface area contributed by atoms with Crippen molar-refractivity contribution >= 4 is 5.97 Å². The van der Waals surface area contributed by atoms with Crippen LogP contribution < -0.4 is 14.8 Å². The van der Waals surface area contributed by atoms with E-state index in [2.05, 4.69) is 5.32 Å². The van der Waals surface area contributed by atoms with Crippen molar-refractivity contribution in [3.63, 3.8) is 0 Å². The zero-order valence-corrected chi connectivity index (χ0v) is 11.8. The van der Waals surface area contributed by atoms with Gasteiger partial charge in [0.15, 0.2) is 11.5 Å². The number of carbonyl (C=O) groups is 1. The predicted octanol–water partition coefficient (Wildman–Crippen LogP) is 1.02. The number of aliphatic hydroxyl groups is 1. The molecule has 0 saturated heterocycles. The van der Waals surface area contributed by atoms with Crippen LogP contribution in [0.5, 0.6) is 11.5 Å². The first-order valence-electron chi connectivity index (χ1n) is 6.49. The number of likely N-dealkylation sites (N-methyl/N-ethyl adjacent to an activating group) is 1. The van der Waals surface area contributed by atoms with E-state index >= 15 is 0 Å². The van der Waals surface area contributed by atoms with Crippen LogP contribution in [0.25, 0.3) is 0 Å². The van der Waals surface area contributed by atoms with Gasteiger partial charge in [0.05, 0.1) is 20.3 Å². The van der Waals surface area contributed by atoms with Gasteiger partial charge in [-0.1, -0.05) is 13.0 Å². The fourth-order valence-electron chi connectivity index (χ4n) is 1.78. The van der Waals surface area contributed by atoms with Gasteiger partial charge >= 0.3 is 5.97 Å². The smallest absolute Gasteiger partial charge is 0.320 e. The van der Waals surface area contributed by atoms with Crippen LogP contribution in [0.15, 0.2) is 18.2 Å². The summed E-state index contributed by atoms with van der Waals surface area (Å²) in [5.41, 5.74) is 0.727. The molecule has 0 aliphatic carbocycles. The molecule has 0 amide bonds. The molecule has 20 heavy (non-hydrogen) atoms.